The molecule has 0 radical (unpaired) electrons. The summed E-state index contributed by atoms with van der Waals surface area (Å²) in [6.07, 6.45) is 3.14. The van der Waals surface area contributed by atoms with Crippen molar-refractivity contribution in [3.05, 3.63) is 18.5 Å². The maximum atomic E-state index is 10.2. The highest BCUT2D eigenvalue weighted by Gasteiger charge is 2.04. The first kappa shape index (κ1) is 12.6. The van der Waals surface area contributed by atoms with Crippen LogP contribution in [0.15, 0.2) is 18.5 Å². The van der Waals surface area contributed by atoms with Crippen LogP contribution in [0, 0.1) is 0 Å². The standard InChI is InChI=1S/C3H4N2O3S.C3H7NO/c6-9(7,8)5-3-1-2-4-5;1-4(2)3-5/h1-3H,(H,6,7,8);3H,1-2H3. The van der Waals surface area contributed by atoms with Crippen molar-refractivity contribution in [2.45, 2.75) is 0 Å². The van der Waals surface area contributed by atoms with E-state index in [0.717, 1.165) is 12.6 Å². The fourth-order valence-corrected chi connectivity index (χ4v) is 0.789. The van der Waals surface area contributed by atoms with Crippen LogP contribution < -0.4 is 0 Å². The van der Waals surface area contributed by atoms with Crippen molar-refractivity contribution in [2.75, 3.05) is 14.1 Å². The Morgan fingerprint density at radius 1 is 1.50 bits per heavy atom. The first-order valence-corrected chi connectivity index (χ1v) is 4.87. The third-order valence-corrected chi connectivity index (χ3v) is 1.62. The summed E-state index contributed by atoms with van der Waals surface area (Å²) >= 11 is 0. The monoisotopic (exact) mass is 221 g/mol. The quantitative estimate of drug-likeness (QED) is 0.523. The second kappa shape index (κ2) is 5.35. The Morgan fingerprint density at radius 2 is 2.00 bits per heavy atom. The van der Waals surface area contributed by atoms with E-state index in [0.29, 0.717) is 4.09 Å². The van der Waals surface area contributed by atoms with E-state index in [2.05, 4.69) is 5.10 Å². The van der Waals surface area contributed by atoms with Crippen molar-refractivity contribution in [1.29, 1.82) is 0 Å². The van der Waals surface area contributed by atoms with E-state index >= 15 is 0 Å². The Labute approximate surface area is 81.8 Å². The summed E-state index contributed by atoms with van der Waals surface area (Å²) in [5, 5.41) is 3.27. The molecule has 1 amide bonds. The Hall–Kier alpha value is -1.41. The van der Waals surface area contributed by atoms with Crippen molar-refractivity contribution in [3.63, 3.8) is 0 Å². The Kier molecular flexibility index (Phi) is 4.81. The van der Waals surface area contributed by atoms with Crippen LogP contribution in [-0.4, -0.2) is 47.6 Å². The summed E-state index contributed by atoms with van der Waals surface area (Å²) in [5.74, 6) is 0. The first-order chi connectivity index (χ1) is 6.38. The molecule has 0 unspecified atom stereocenters. The molecule has 14 heavy (non-hydrogen) atoms. The van der Waals surface area contributed by atoms with Crippen LogP contribution in [-0.2, 0) is 15.1 Å². The van der Waals surface area contributed by atoms with E-state index in [1.165, 1.54) is 17.2 Å². The molecule has 7 nitrogen and oxygen atoms in total. The third-order valence-electron chi connectivity index (χ3n) is 0.927. The SMILES string of the molecule is CN(C)C=O.O=S(=O)(O)n1cccn1. The van der Waals surface area contributed by atoms with Crippen LogP contribution in [0.5, 0.6) is 0 Å². The van der Waals surface area contributed by atoms with Gasteiger partial charge in [0.05, 0.1) is 6.20 Å². The highest BCUT2D eigenvalue weighted by atomic mass is 32.2. The van der Waals surface area contributed by atoms with Crippen molar-refractivity contribution < 1.29 is 17.8 Å². The van der Waals surface area contributed by atoms with Gasteiger partial charge >= 0.3 is 10.3 Å². The molecule has 80 valence electrons. The van der Waals surface area contributed by atoms with E-state index in [4.69, 9.17) is 4.55 Å². The van der Waals surface area contributed by atoms with Crippen molar-refractivity contribution in [2.24, 2.45) is 0 Å². The molecule has 0 bridgehead atoms. The zero-order valence-corrected chi connectivity index (χ0v) is 8.55. The summed E-state index contributed by atoms with van der Waals surface area (Å²) in [4.78, 5) is 10.9. The van der Waals surface area contributed by atoms with Crippen LogP contribution in [0.4, 0.5) is 0 Å². The van der Waals surface area contributed by atoms with Gasteiger partial charge in [-0.25, -0.2) is 0 Å². The minimum atomic E-state index is -4.15. The van der Waals surface area contributed by atoms with Gasteiger partial charge in [0.1, 0.15) is 0 Å². The van der Waals surface area contributed by atoms with Crippen LogP contribution in [0.1, 0.15) is 0 Å². The lowest BCUT2D eigenvalue weighted by atomic mass is 10.8. The van der Waals surface area contributed by atoms with Gasteiger partial charge in [-0.2, -0.15) is 13.5 Å². The zero-order chi connectivity index (χ0) is 11.2. The molecule has 0 aliphatic carbocycles. The second-order valence-corrected chi connectivity index (χ2v) is 3.70. The lowest BCUT2D eigenvalue weighted by Crippen LogP contribution is -2.10. The minimum Gasteiger partial charge on any atom is -0.351 e. The molecule has 8 heteroatoms. The Bertz CT molecular complexity index is 356. The minimum absolute atomic E-state index is 0.465. The molecule has 1 aromatic rings. The van der Waals surface area contributed by atoms with E-state index in [9.17, 15) is 13.2 Å². The van der Waals surface area contributed by atoms with Gasteiger partial charge in [0.2, 0.25) is 6.41 Å². The normalized spacial score (nSPS) is 9.93. The van der Waals surface area contributed by atoms with Crippen molar-refractivity contribution >= 4 is 16.7 Å². The lowest BCUT2D eigenvalue weighted by molar-refractivity contribution is -0.115. The maximum absolute atomic E-state index is 10.2. The molecule has 0 fully saturated rings. The van der Waals surface area contributed by atoms with E-state index in [-0.39, 0.29) is 0 Å². The van der Waals surface area contributed by atoms with Gasteiger partial charge in [0.15, 0.2) is 0 Å². The molecule has 0 aromatic carbocycles. The average Bonchev–Trinajstić information content (AvgIpc) is 2.56. The molecule has 1 N–H and O–H groups in total. The average molecular weight is 221 g/mol. The van der Waals surface area contributed by atoms with Gasteiger partial charge in [-0.15, -0.1) is 4.09 Å². The number of aromatic nitrogens is 2. The molecule has 1 aromatic heterocycles. The van der Waals surface area contributed by atoms with Gasteiger partial charge in [-0.3, -0.25) is 9.35 Å². The summed E-state index contributed by atoms with van der Waals surface area (Å²) in [7, 11) is -0.779. The molecule has 0 saturated heterocycles. The summed E-state index contributed by atoms with van der Waals surface area (Å²) in [5.41, 5.74) is 0. The molecule has 1 rings (SSSR count). The summed E-state index contributed by atoms with van der Waals surface area (Å²) in [6.45, 7) is 0. The van der Waals surface area contributed by atoms with Crippen LogP contribution in [0.2, 0.25) is 0 Å². The summed E-state index contributed by atoms with van der Waals surface area (Å²) in [6, 6.07) is 1.40. The van der Waals surface area contributed by atoms with E-state index < -0.39 is 10.3 Å². The van der Waals surface area contributed by atoms with Crippen LogP contribution in [0.3, 0.4) is 0 Å². The van der Waals surface area contributed by atoms with Crippen LogP contribution >= 0.6 is 0 Å². The predicted octanol–water partition coefficient (Wildman–Crippen LogP) is -0.762. The zero-order valence-electron chi connectivity index (χ0n) is 7.73. The summed E-state index contributed by atoms with van der Waals surface area (Å²) < 4.78 is 29.0. The largest absolute Gasteiger partial charge is 0.378 e. The lowest BCUT2D eigenvalue weighted by Gasteiger charge is -1.93. The molecular weight excluding hydrogens is 210 g/mol. The molecule has 0 spiro atoms. The number of carbonyl (C=O) groups is 1. The topological polar surface area (TPSA) is 92.5 Å². The predicted molar refractivity (Wildman–Crippen MR) is 48.9 cm³/mol. The van der Waals surface area contributed by atoms with Gasteiger partial charge in [0.25, 0.3) is 0 Å². The molecular formula is C6H11N3O4S. The fraction of sp³-hybridized carbons (Fsp3) is 0.333. The van der Waals surface area contributed by atoms with E-state index in [1.54, 1.807) is 14.1 Å². The number of nitrogens with zero attached hydrogens (tertiary/aromatic N) is 3. The maximum Gasteiger partial charge on any atom is 0.378 e. The number of amides is 1. The van der Waals surface area contributed by atoms with Crippen LogP contribution in [0.25, 0.3) is 0 Å². The van der Waals surface area contributed by atoms with E-state index in [1.807, 2.05) is 0 Å². The highest BCUT2D eigenvalue weighted by molar-refractivity contribution is 7.84. The molecule has 0 saturated carbocycles. The first-order valence-electron chi connectivity index (χ1n) is 3.47. The number of hydrogen-bond donors (Lipinski definition) is 1. The molecule has 0 atom stereocenters. The smallest absolute Gasteiger partial charge is 0.351 e. The Balaban J connectivity index is 0.000000292. The van der Waals surface area contributed by atoms with Crippen molar-refractivity contribution in [3.8, 4) is 0 Å². The van der Waals surface area contributed by atoms with Gasteiger partial charge in [0, 0.05) is 20.3 Å². The second-order valence-electron chi connectivity index (χ2n) is 2.43. The molecule has 0 aliphatic heterocycles. The third kappa shape index (κ3) is 5.27. The number of hydrogen-bond acceptors (Lipinski definition) is 4. The highest BCUT2D eigenvalue weighted by Crippen LogP contribution is 1.87. The van der Waals surface area contributed by atoms with Crippen molar-refractivity contribution in [1.82, 2.24) is 14.1 Å². The van der Waals surface area contributed by atoms with Gasteiger partial charge in [-0.05, 0) is 6.07 Å². The fourth-order valence-electron chi connectivity index (χ4n) is 0.391. The molecule has 0 aliphatic rings. The van der Waals surface area contributed by atoms with Gasteiger partial charge in [-0.1, -0.05) is 0 Å². The Morgan fingerprint density at radius 3 is 2.14 bits per heavy atom. The number of rotatable bonds is 2. The number of carbonyl (C=O) groups excluding carboxylic acids is 1. The van der Waals surface area contributed by atoms with Gasteiger partial charge < -0.3 is 4.90 Å². The molecule has 1 heterocycles.